The summed E-state index contributed by atoms with van der Waals surface area (Å²) < 4.78 is 0. The summed E-state index contributed by atoms with van der Waals surface area (Å²) in [4.78, 5) is 0. The first-order valence-electron chi connectivity index (χ1n) is 4.11. The number of anilines is 1. The Kier molecular flexibility index (Phi) is 4.63. The molecule has 0 heterocycles. The van der Waals surface area contributed by atoms with Crippen molar-refractivity contribution in [2.24, 2.45) is 5.73 Å². The van der Waals surface area contributed by atoms with E-state index in [9.17, 15) is 0 Å². The quantitative estimate of drug-likeness (QED) is 0.633. The average molecular weight is 271 g/mol. The molecule has 3 heteroatoms. The van der Waals surface area contributed by atoms with E-state index >= 15 is 0 Å². The van der Waals surface area contributed by atoms with Crippen LogP contribution in [-0.4, -0.2) is 5.54 Å². The maximum atomic E-state index is 5.87. The van der Waals surface area contributed by atoms with Crippen molar-refractivity contribution < 1.29 is 20.4 Å². The third-order valence-corrected chi connectivity index (χ3v) is 1.64. The second-order valence-corrected chi connectivity index (χ2v) is 3.91. The van der Waals surface area contributed by atoms with Crippen LogP contribution in [-0.2, 0) is 26.8 Å². The van der Waals surface area contributed by atoms with Crippen molar-refractivity contribution >= 4 is 5.69 Å². The predicted octanol–water partition coefficient (Wildman–Crippen LogP) is 1.55. The first-order chi connectivity index (χ1) is 5.47. The average Bonchev–Trinajstić information content (AvgIpc) is 1.91. The molecule has 0 aliphatic heterocycles. The number of nitrogens with two attached hydrogens (primary N) is 2. The van der Waals surface area contributed by atoms with Crippen molar-refractivity contribution in [1.29, 1.82) is 0 Å². The van der Waals surface area contributed by atoms with Gasteiger partial charge in [0.2, 0.25) is 0 Å². The normalized spacial score (nSPS) is 10.7. The van der Waals surface area contributed by atoms with Crippen LogP contribution in [0.25, 0.3) is 0 Å². The molecule has 0 bridgehead atoms. The van der Waals surface area contributed by atoms with Crippen LogP contribution in [0.5, 0.6) is 0 Å². The van der Waals surface area contributed by atoms with Crippen LogP contribution in [0.1, 0.15) is 19.4 Å². The van der Waals surface area contributed by atoms with Gasteiger partial charge in [-0.1, -0.05) is 12.1 Å². The topological polar surface area (TPSA) is 52.0 Å². The first kappa shape index (κ1) is 12.6. The standard InChI is InChI=1S/C10H16N2.Pd/c1-10(2,12)7-8-3-5-9(11)6-4-8;/h3-6H,7,11-12H2,1-2H3;. The Morgan fingerprint density at radius 3 is 2.00 bits per heavy atom. The fourth-order valence-corrected chi connectivity index (χ4v) is 1.16. The molecule has 2 nitrogen and oxygen atoms in total. The Morgan fingerprint density at radius 1 is 1.15 bits per heavy atom. The second kappa shape index (κ2) is 4.76. The van der Waals surface area contributed by atoms with Gasteiger partial charge in [0.25, 0.3) is 0 Å². The predicted molar refractivity (Wildman–Crippen MR) is 52.8 cm³/mol. The number of benzene rings is 1. The molecule has 0 unspecified atom stereocenters. The van der Waals surface area contributed by atoms with Gasteiger partial charge in [0.1, 0.15) is 0 Å². The van der Waals surface area contributed by atoms with Crippen molar-refractivity contribution in [3.05, 3.63) is 29.8 Å². The number of hydrogen-bond donors (Lipinski definition) is 2. The number of hydrogen-bond acceptors (Lipinski definition) is 2. The maximum absolute atomic E-state index is 5.87. The van der Waals surface area contributed by atoms with Crippen LogP contribution in [0, 0.1) is 0 Å². The molecule has 0 aliphatic rings. The summed E-state index contributed by atoms with van der Waals surface area (Å²) in [5.41, 5.74) is 13.3. The molecule has 0 spiro atoms. The van der Waals surface area contributed by atoms with Crippen LogP contribution in [0.2, 0.25) is 0 Å². The minimum Gasteiger partial charge on any atom is -0.399 e. The summed E-state index contributed by atoms with van der Waals surface area (Å²) in [6.07, 6.45) is 0.882. The summed E-state index contributed by atoms with van der Waals surface area (Å²) in [5.74, 6) is 0. The Bertz CT molecular complexity index is 249. The monoisotopic (exact) mass is 270 g/mol. The minimum absolute atomic E-state index is 0. The third-order valence-electron chi connectivity index (χ3n) is 1.64. The Balaban J connectivity index is 0.00000144. The molecule has 0 fully saturated rings. The van der Waals surface area contributed by atoms with E-state index in [0.29, 0.717) is 0 Å². The van der Waals surface area contributed by atoms with Gasteiger partial charge >= 0.3 is 0 Å². The molecule has 0 saturated carbocycles. The van der Waals surface area contributed by atoms with Crippen LogP contribution >= 0.6 is 0 Å². The van der Waals surface area contributed by atoms with Crippen molar-refractivity contribution in [2.75, 3.05) is 5.73 Å². The summed E-state index contributed by atoms with van der Waals surface area (Å²) in [6.45, 7) is 4.03. The van der Waals surface area contributed by atoms with Gasteiger partial charge < -0.3 is 11.5 Å². The largest absolute Gasteiger partial charge is 0.399 e. The molecule has 13 heavy (non-hydrogen) atoms. The van der Waals surface area contributed by atoms with Gasteiger partial charge in [0, 0.05) is 31.6 Å². The molecule has 0 atom stereocenters. The van der Waals surface area contributed by atoms with E-state index in [0.717, 1.165) is 12.1 Å². The summed E-state index contributed by atoms with van der Waals surface area (Å²) in [5, 5.41) is 0. The zero-order chi connectivity index (χ0) is 9.19. The van der Waals surface area contributed by atoms with Crippen molar-refractivity contribution in [1.82, 2.24) is 0 Å². The molecule has 0 aromatic heterocycles. The van der Waals surface area contributed by atoms with Gasteiger partial charge in [-0.05, 0) is 38.0 Å². The van der Waals surface area contributed by atoms with Crippen molar-refractivity contribution in [3.8, 4) is 0 Å². The van der Waals surface area contributed by atoms with E-state index in [1.54, 1.807) is 0 Å². The van der Waals surface area contributed by atoms with E-state index < -0.39 is 0 Å². The number of rotatable bonds is 2. The van der Waals surface area contributed by atoms with E-state index in [1.165, 1.54) is 5.56 Å². The fourth-order valence-electron chi connectivity index (χ4n) is 1.16. The molecular weight excluding hydrogens is 255 g/mol. The third kappa shape index (κ3) is 5.05. The molecule has 76 valence electrons. The molecule has 0 aliphatic carbocycles. The molecule has 4 N–H and O–H groups in total. The van der Waals surface area contributed by atoms with Crippen LogP contribution in [0.4, 0.5) is 5.69 Å². The van der Waals surface area contributed by atoms with E-state index in [1.807, 2.05) is 38.1 Å². The molecule has 1 aromatic carbocycles. The smallest absolute Gasteiger partial charge is 0.0314 e. The van der Waals surface area contributed by atoms with Crippen LogP contribution < -0.4 is 11.5 Å². The molecule has 0 amide bonds. The van der Waals surface area contributed by atoms with Gasteiger partial charge in [0.15, 0.2) is 0 Å². The van der Waals surface area contributed by atoms with Gasteiger partial charge in [-0.2, -0.15) is 0 Å². The van der Waals surface area contributed by atoms with Crippen molar-refractivity contribution in [3.63, 3.8) is 0 Å². The molecule has 0 radical (unpaired) electrons. The first-order valence-corrected chi connectivity index (χ1v) is 4.11. The van der Waals surface area contributed by atoms with E-state index in [2.05, 4.69) is 0 Å². The Hall–Kier alpha value is -0.358. The van der Waals surface area contributed by atoms with Crippen LogP contribution in [0.15, 0.2) is 24.3 Å². The van der Waals surface area contributed by atoms with E-state index in [4.69, 9.17) is 11.5 Å². The molecule has 0 saturated heterocycles. The zero-order valence-corrected chi connectivity index (χ0v) is 9.54. The van der Waals surface area contributed by atoms with Gasteiger partial charge in [0.05, 0.1) is 0 Å². The van der Waals surface area contributed by atoms with Crippen molar-refractivity contribution in [2.45, 2.75) is 25.8 Å². The summed E-state index contributed by atoms with van der Waals surface area (Å²) in [7, 11) is 0. The Labute approximate surface area is 93.4 Å². The van der Waals surface area contributed by atoms with Gasteiger partial charge in [-0.3, -0.25) is 0 Å². The van der Waals surface area contributed by atoms with Gasteiger partial charge in [-0.15, -0.1) is 0 Å². The Morgan fingerprint density at radius 2 is 1.62 bits per heavy atom. The molecular formula is C10H16N2Pd. The number of nitrogen functional groups attached to an aromatic ring is 1. The van der Waals surface area contributed by atoms with E-state index in [-0.39, 0.29) is 26.0 Å². The molecule has 1 aromatic rings. The molecule has 1 rings (SSSR count). The second-order valence-electron chi connectivity index (χ2n) is 3.91. The SMILES string of the molecule is CC(C)(N)Cc1ccc(N)cc1.[Pd]. The van der Waals surface area contributed by atoms with Crippen LogP contribution in [0.3, 0.4) is 0 Å². The minimum atomic E-state index is -0.143. The maximum Gasteiger partial charge on any atom is 0.0314 e. The fraction of sp³-hybridized carbons (Fsp3) is 0.400. The van der Waals surface area contributed by atoms with Gasteiger partial charge in [-0.25, -0.2) is 0 Å². The summed E-state index contributed by atoms with van der Waals surface area (Å²) in [6, 6.07) is 7.84. The zero-order valence-electron chi connectivity index (χ0n) is 7.99. The summed E-state index contributed by atoms with van der Waals surface area (Å²) >= 11 is 0.